The predicted molar refractivity (Wildman–Crippen MR) is 70.3 cm³/mol. The number of nitrogens with zero attached hydrogens (tertiary/aromatic N) is 1. The number of carbonyl (C=O) groups is 1. The molecule has 1 aromatic carbocycles. The summed E-state index contributed by atoms with van der Waals surface area (Å²) in [4.78, 5) is 14.1. The first-order valence-corrected chi connectivity index (χ1v) is 6.34. The molecule has 0 spiro atoms. The van der Waals surface area contributed by atoms with Gasteiger partial charge in [-0.1, -0.05) is 12.1 Å². The number of nitrogens with two attached hydrogens (primary N) is 1. The van der Waals surface area contributed by atoms with E-state index >= 15 is 0 Å². The zero-order chi connectivity index (χ0) is 14.0. The second-order valence-electron chi connectivity index (χ2n) is 5.38. The minimum Gasteiger partial charge on any atom is -0.373 e. The highest BCUT2D eigenvalue weighted by Gasteiger charge is 2.38. The summed E-state index contributed by atoms with van der Waals surface area (Å²) in [5.41, 5.74) is 5.21. The lowest BCUT2D eigenvalue weighted by atomic mass is 9.99. The van der Waals surface area contributed by atoms with Gasteiger partial charge in [0.2, 0.25) is 0 Å². The second-order valence-corrected chi connectivity index (χ2v) is 5.38. The zero-order valence-electron chi connectivity index (χ0n) is 11.2. The molecule has 1 amide bonds. The Morgan fingerprint density at radius 3 is 2.84 bits per heavy atom. The van der Waals surface area contributed by atoms with E-state index in [0.717, 1.165) is 0 Å². The molecule has 1 heterocycles. The topological polar surface area (TPSA) is 55.6 Å². The summed E-state index contributed by atoms with van der Waals surface area (Å²) in [6.07, 6.45) is -0.191. The van der Waals surface area contributed by atoms with Gasteiger partial charge in [0.1, 0.15) is 5.82 Å². The molecule has 1 fully saturated rings. The van der Waals surface area contributed by atoms with E-state index in [0.29, 0.717) is 19.7 Å². The Hall–Kier alpha value is -1.46. The molecule has 1 unspecified atom stereocenters. The molecule has 1 aliphatic heterocycles. The third-order valence-corrected chi connectivity index (χ3v) is 3.40. The van der Waals surface area contributed by atoms with Crippen LogP contribution in [-0.4, -0.2) is 42.1 Å². The Morgan fingerprint density at radius 1 is 1.53 bits per heavy atom. The lowest BCUT2D eigenvalue weighted by Crippen LogP contribution is -2.59. The molecule has 1 aromatic rings. The molecule has 19 heavy (non-hydrogen) atoms. The number of carbonyl (C=O) groups excluding carboxylic acids is 1. The van der Waals surface area contributed by atoms with Crippen LogP contribution in [0.5, 0.6) is 0 Å². The predicted octanol–water partition coefficient (Wildman–Crippen LogP) is 1.40. The first-order chi connectivity index (χ1) is 8.95. The van der Waals surface area contributed by atoms with Crippen LogP contribution < -0.4 is 5.73 Å². The molecular weight excluding hydrogens is 247 g/mol. The number of rotatable bonds is 2. The van der Waals surface area contributed by atoms with Gasteiger partial charge in [-0.05, 0) is 26.0 Å². The maximum atomic E-state index is 13.7. The van der Waals surface area contributed by atoms with Crippen LogP contribution in [0.4, 0.5) is 4.39 Å². The Bertz CT molecular complexity index is 476. The molecule has 5 heteroatoms. The highest BCUT2D eigenvalue weighted by Crippen LogP contribution is 2.24. The van der Waals surface area contributed by atoms with Crippen LogP contribution in [0.25, 0.3) is 0 Å². The van der Waals surface area contributed by atoms with E-state index in [-0.39, 0.29) is 17.6 Å². The SMILES string of the molecule is CC1(C)COC(CN)CN1C(=O)c1ccccc1F. The average Bonchev–Trinajstić information content (AvgIpc) is 2.38. The monoisotopic (exact) mass is 266 g/mol. The highest BCUT2D eigenvalue weighted by molar-refractivity contribution is 5.95. The van der Waals surface area contributed by atoms with Crippen molar-refractivity contribution in [2.75, 3.05) is 19.7 Å². The van der Waals surface area contributed by atoms with Crippen LogP contribution >= 0.6 is 0 Å². The minimum atomic E-state index is -0.501. The normalized spacial score (nSPS) is 22.3. The number of ether oxygens (including phenoxy) is 1. The summed E-state index contributed by atoms with van der Waals surface area (Å²) >= 11 is 0. The van der Waals surface area contributed by atoms with Gasteiger partial charge >= 0.3 is 0 Å². The van der Waals surface area contributed by atoms with Gasteiger partial charge < -0.3 is 15.4 Å². The van der Waals surface area contributed by atoms with E-state index in [4.69, 9.17) is 10.5 Å². The first-order valence-electron chi connectivity index (χ1n) is 6.34. The number of amides is 1. The molecule has 1 atom stereocenters. The fourth-order valence-corrected chi connectivity index (χ4v) is 2.18. The van der Waals surface area contributed by atoms with Crippen molar-refractivity contribution >= 4 is 5.91 Å². The van der Waals surface area contributed by atoms with Gasteiger partial charge in [-0.15, -0.1) is 0 Å². The molecule has 1 aliphatic rings. The van der Waals surface area contributed by atoms with Crippen LogP contribution in [-0.2, 0) is 4.74 Å². The number of benzene rings is 1. The number of hydrogen-bond acceptors (Lipinski definition) is 3. The Labute approximate surface area is 112 Å². The summed E-state index contributed by atoms with van der Waals surface area (Å²) in [7, 11) is 0. The van der Waals surface area contributed by atoms with E-state index in [2.05, 4.69) is 0 Å². The third-order valence-electron chi connectivity index (χ3n) is 3.40. The van der Waals surface area contributed by atoms with Crippen molar-refractivity contribution in [1.29, 1.82) is 0 Å². The summed E-state index contributed by atoms with van der Waals surface area (Å²) in [6.45, 7) is 4.93. The van der Waals surface area contributed by atoms with Gasteiger partial charge in [0.05, 0.1) is 23.8 Å². The third kappa shape index (κ3) is 2.77. The van der Waals surface area contributed by atoms with Crippen LogP contribution in [0.2, 0.25) is 0 Å². The van der Waals surface area contributed by atoms with Crippen LogP contribution in [0, 0.1) is 5.82 Å². The Kier molecular flexibility index (Phi) is 3.87. The molecule has 0 radical (unpaired) electrons. The van der Waals surface area contributed by atoms with Crippen molar-refractivity contribution in [2.45, 2.75) is 25.5 Å². The number of hydrogen-bond donors (Lipinski definition) is 1. The van der Waals surface area contributed by atoms with E-state index in [1.54, 1.807) is 17.0 Å². The summed E-state index contributed by atoms with van der Waals surface area (Å²) in [6, 6.07) is 6.02. The van der Waals surface area contributed by atoms with E-state index < -0.39 is 11.4 Å². The average molecular weight is 266 g/mol. The van der Waals surface area contributed by atoms with Gasteiger partial charge in [0.15, 0.2) is 0 Å². The Morgan fingerprint density at radius 2 is 2.21 bits per heavy atom. The lowest BCUT2D eigenvalue weighted by Gasteiger charge is -2.45. The first kappa shape index (κ1) is 14.0. The van der Waals surface area contributed by atoms with Crippen molar-refractivity contribution in [1.82, 2.24) is 4.90 Å². The van der Waals surface area contributed by atoms with Crippen molar-refractivity contribution in [2.24, 2.45) is 5.73 Å². The molecule has 2 rings (SSSR count). The Balaban J connectivity index is 2.28. The van der Waals surface area contributed by atoms with E-state index in [1.807, 2.05) is 13.8 Å². The van der Waals surface area contributed by atoms with Gasteiger partial charge in [-0.3, -0.25) is 4.79 Å². The van der Waals surface area contributed by atoms with E-state index in [1.165, 1.54) is 12.1 Å². The highest BCUT2D eigenvalue weighted by atomic mass is 19.1. The molecule has 0 saturated carbocycles. The number of halogens is 1. The van der Waals surface area contributed by atoms with Crippen molar-refractivity contribution in [3.05, 3.63) is 35.6 Å². The van der Waals surface area contributed by atoms with Gasteiger partial charge in [-0.2, -0.15) is 0 Å². The molecule has 2 N–H and O–H groups in total. The van der Waals surface area contributed by atoms with E-state index in [9.17, 15) is 9.18 Å². The van der Waals surface area contributed by atoms with Crippen molar-refractivity contribution in [3.8, 4) is 0 Å². The van der Waals surface area contributed by atoms with Crippen LogP contribution in [0.15, 0.2) is 24.3 Å². The standard InChI is InChI=1S/C14H19FN2O2/c1-14(2)9-19-10(7-16)8-17(14)13(18)11-5-3-4-6-12(11)15/h3-6,10H,7-9,16H2,1-2H3. The molecule has 1 saturated heterocycles. The molecular formula is C14H19FN2O2. The maximum absolute atomic E-state index is 13.7. The summed E-state index contributed by atoms with van der Waals surface area (Å²) in [5, 5.41) is 0. The van der Waals surface area contributed by atoms with Crippen LogP contribution in [0.1, 0.15) is 24.2 Å². The smallest absolute Gasteiger partial charge is 0.257 e. The largest absolute Gasteiger partial charge is 0.373 e. The molecule has 104 valence electrons. The summed E-state index contributed by atoms with van der Waals surface area (Å²) < 4.78 is 19.3. The van der Waals surface area contributed by atoms with Crippen LogP contribution in [0.3, 0.4) is 0 Å². The lowest BCUT2D eigenvalue weighted by molar-refractivity contribution is -0.0789. The van der Waals surface area contributed by atoms with Gasteiger partial charge in [0.25, 0.3) is 5.91 Å². The second kappa shape index (κ2) is 5.27. The van der Waals surface area contributed by atoms with Gasteiger partial charge in [0, 0.05) is 13.1 Å². The number of morpholine rings is 1. The van der Waals surface area contributed by atoms with Crippen molar-refractivity contribution < 1.29 is 13.9 Å². The zero-order valence-corrected chi connectivity index (χ0v) is 11.2. The fraction of sp³-hybridized carbons (Fsp3) is 0.500. The molecule has 0 bridgehead atoms. The fourth-order valence-electron chi connectivity index (χ4n) is 2.18. The summed E-state index contributed by atoms with van der Waals surface area (Å²) in [5.74, 6) is -0.816. The van der Waals surface area contributed by atoms with Crippen molar-refractivity contribution in [3.63, 3.8) is 0 Å². The molecule has 0 aliphatic carbocycles. The molecule has 4 nitrogen and oxygen atoms in total. The molecule has 0 aromatic heterocycles. The quantitative estimate of drug-likeness (QED) is 0.880. The minimum absolute atomic E-state index is 0.0910. The maximum Gasteiger partial charge on any atom is 0.257 e. The van der Waals surface area contributed by atoms with Gasteiger partial charge in [-0.25, -0.2) is 4.39 Å².